The molecule has 0 spiro atoms. The molecule has 42 heteroatoms. The first-order valence-corrected chi connectivity index (χ1v) is 40.9. The summed E-state index contributed by atoms with van der Waals surface area (Å²) < 4.78 is 94.9. The van der Waals surface area contributed by atoms with Crippen LogP contribution in [0.2, 0.25) is 0 Å². The van der Waals surface area contributed by atoms with Gasteiger partial charge < -0.3 is 122 Å². The molecule has 40 nitrogen and oxygen atoms in total. The molecule has 124 heavy (non-hydrogen) atoms. The molecule has 1 saturated carbocycles. The molecule has 668 valence electrons. The maximum Gasteiger partial charge on any atom is 0.322 e. The number of anilines is 5. The standard InChI is InChI=1S/C82H107F2N21O19/c1-52-72(53(2)124-98-52)54-8-15-63-62(44-54)93-73(64-16-20-90-82(114)105(64)58-11-14-60(83)61(84)47-58)104(63)57-9-12-59(13-10-57)123-43-42-122-41-40-121-39-38-120-37-36-119-35-34-118-33-32-117-31-30-116-29-28-115-27-25-85-69(106)17-21-89-79(111)75-96-67(50-102(75)6)94-70(107)18-22-88-78(110)66-46-56(49-101(66)5)92-81(113)76-97-68(51-103(76)7)95-71(108)19-23-87-77(109)65-45-55(48-100(65)4)91-80(112)74-86-24-26-99(74)3/h8,11,14-15,24,26,44-51,57,59,64H,9-10,12-13,16-23,25,27-43H2,1-7H3,(H,85,106)(H,87,109)(H,88,110)(H,89,111)(H,90,114)(H,91,112)(H,92,113)(H,94,107)(H,95,108)/t57?,59?,64-/m0/s1. The van der Waals surface area contributed by atoms with Gasteiger partial charge in [-0.3, -0.25) is 43.3 Å². The Morgan fingerprint density at radius 2 is 0.992 bits per heavy atom. The van der Waals surface area contributed by atoms with E-state index in [0.717, 1.165) is 65.7 Å². The van der Waals surface area contributed by atoms with Crippen molar-refractivity contribution in [2.45, 2.75) is 83.4 Å². The Balaban J connectivity index is 0.443. The molecule has 0 bridgehead atoms. The second-order valence-electron chi connectivity index (χ2n) is 29.3. The van der Waals surface area contributed by atoms with Crippen molar-refractivity contribution in [3.8, 4) is 11.1 Å². The number of aromatic nitrogens is 11. The van der Waals surface area contributed by atoms with E-state index >= 15 is 0 Å². The van der Waals surface area contributed by atoms with Gasteiger partial charge in [-0.15, -0.1) is 0 Å². The number of amides is 10. The number of imidazole rings is 4. The van der Waals surface area contributed by atoms with Gasteiger partial charge in [-0.2, -0.15) is 0 Å². The smallest absolute Gasteiger partial charge is 0.322 e. The molecule has 2 fully saturated rings. The van der Waals surface area contributed by atoms with Crippen molar-refractivity contribution in [3.05, 3.63) is 143 Å². The SMILES string of the molecule is Cc1noc(C)c1-c1ccc2c(c1)nc([C@@H]1CCNC(=O)N1c1ccc(F)c(F)c1)n2C1CCC(OCCOCCOCCOCCOCCOCCOCCOCCOCCNC(=O)CCNC(=O)c2nc(NC(=O)CCNC(=O)c3cc(NC(=O)c4nc(NC(=O)CCNC(=O)c5cc(NC(=O)c6nccn6C)cn5C)cn4C)cn3C)cn2C)CC1. The van der Waals surface area contributed by atoms with Crippen molar-refractivity contribution in [1.82, 2.24) is 79.1 Å². The summed E-state index contributed by atoms with van der Waals surface area (Å²) in [6, 6.07) is 11.6. The Morgan fingerprint density at radius 3 is 1.50 bits per heavy atom. The molecule has 9 N–H and O–H groups in total. The minimum absolute atomic E-state index is 0.0106. The van der Waals surface area contributed by atoms with Crippen LogP contribution >= 0.6 is 0 Å². The van der Waals surface area contributed by atoms with Gasteiger partial charge in [0, 0.05) is 148 Å². The van der Waals surface area contributed by atoms with Gasteiger partial charge in [-0.05, 0) is 87.9 Å². The zero-order chi connectivity index (χ0) is 88.0. The lowest BCUT2D eigenvalue weighted by molar-refractivity contribution is -0.121. The average molecular weight is 1730 g/mol. The summed E-state index contributed by atoms with van der Waals surface area (Å²) in [7, 11) is 8.03. The molecule has 8 heterocycles. The normalized spacial score (nSPS) is 14.6. The van der Waals surface area contributed by atoms with Gasteiger partial charge >= 0.3 is 6.03 Å². The van der Waals surface area contributed by atoms with Crippen molar-refractivity contribution in [2.75, 3.05) is 171 Å². The molecular formula is C82H107F2N21O19. The predicted octanol–water partition coefficient (Wildman–Crippen LogP) is 5.72. The van der Waals surface area contributed by atoms with Gasteiger partial charge in [0.05, 0.1) is 153 Å². The Kier molecular flexibility index (Phi) is 34.6. The van der Waals surface area contributed by atoms with Crippen LogP contribution in [-0.2, 0) is 92.3 Å². The van der Waals surface area contributed by atoms with Crippen LogP contribution in [0.5, 0.6) is 0 Å². The molecule has 10 amide bonds. The number of fused-ring (bicyclic) bond motifs is 1. The number of rotatable bonds is 50. The highest BCUT2D eigenvalue weighted by molar-refractivity contribution is 6.05. The molecule has 1 atom stereocenters. The van der Waals surface area contributed by atoms with Crippen LogP contribution in [0.1, 0.15) is 134 Å². The van der Waals surface area contributed by atoms with Crippen LogP contribution in [0.15, 0.2) is 90.2 Å². The highest BCUT2D eigenvalue weighted by atomic mass is 19.2. The molecule has 7 aromatic heterocycles. The lowest BCUT2D eigenvalue weighted by Crippen LogP contribution is -2.49. The molecule has 1 aliphatic heterocycles. The lowest BCUT2D eigenvalue weighted by atomic mass is 9.92. The van der Waals surface area contributed by atoms with E-state index in [9.17, 15) is 51.9 Å². The fraction of sp³-hybridized carbons (Fsp3) is 0.488. The number of benzene rings is 2. The third-order valence-electron chi connectivity index (χ3n) is 20.1. The third-order valence-corrected chi connectivity index (χ3v) is 20.1. The molecule has 0 unspecified atom stereocenters. The summed E-state index contributed by atoms with van der Waals surface area (Å²) in [6.45, 7) is 10.9. The second-order valence-corrected chi connectivity index (χ2v) is 29.3. The number of ether oxygens (including phenoxy) is 9. The van der Waals surface area contributed by atoms with Crippen molar-refractivity contribution in [2.24, 2.45) is 35.2 Å². The van der Waals surface area contributed by atoms with E-state index in [1.165, 1.54) is 66.2 Å². The highest BCUT2D eigenvalue weighted by Crippen LogP contribution is 2.41. The maximum absolute atomic E-state index is 14.6. The molecule has 1 aliphatic carbocycles. The average Bonchev–Trinajstić information content (AvgIpc) is 1.59. The zero-order valence-corrected chi connectivity index (χ0v) is 70.4. The third kappa shape index (κ3) is 26.4. The van der Waals surface area contributed by atoms with E-state index < -0.39 is 65.1 Å². The number of halogens is 2. The van der Waals surface area contributed by atoms with E-state index in [2.05, 4.69) is 72.5 Å². The largest absolute Gasteiger partial charge is 0.377 e. The number of carbonyl (C=O) groups excluding carboxylic acids is 9. The van der Waals surface area contributed by atoms with Gasteiger partial charge in [0.15, 0.2) is 29.1 Å². The Bertz CT molecular complexity index is 5100. The van der Waals surface area contributed by atoms with Crippen molar-refractivity contribution in [1.29, 1.82) is 0 Å². The van der Waals surface area contributed by atoms with Crippen LogP contribution < -0.4 is 52.8 Å². The van der Waals surface area contributed by atoms with Gasteiger partial charge in [0.1, 0.15) is 23.0 Å². The lowest BCUT2D eigenvalue weighted by Gasteiger charge is -2.37. The van der Waals surface area contributed by atoms with E-state index in [-0.39, 0.29) is 122 Å². The number of nitrogens with zero attached hydrogens (tertiary/aromatic N) is 12. The Hall–Kier alpha value is -12.2. The molecule has 0 radical (unpaired) electrons. The summed E-state index contributed by atoms with van der Waals surface area (Å²) in [4.78, 5) is 136. The van der Waals surface area contributed by atoms with E-state index in [1.54, 1.807) is 52.2 Å². The molecule has 11 rings (SSSR count). The summed E-state index contributed by atoms with van der Waals surface area (Å²) in [5, 5.41) is 28.3. The van der Waals surface area contributed by atoms with Crippen molar-refractivity contribution >= 4 is 93.0 Å². The van der Waals surface area contributed by atoms with Gasteiger partial charge in [0.2, 0.25) is 29.4 Å². The van der Waals surface area contributed by atoms with Crippen LogP contribution in [0, 0.1) is 25.5 Å². The van der Waals surface area contributed by atoms with Crippen LogP contribution in [-0.4, -0.2) is 257 Å². The zero-order valence-electron chi connectivity index (χ0n) is 70.4. The Labute approximate surface area is 712 Å². The molecular weight excluding hydrogens is 1620 g/mol. The highest BCUT2D eigenvalue weighted by Gasteiger charge is 2.38. The second kappa shape index (κ2) is 46.4. The van der Waals surface area contributed by atoms with Crippen LogP contribution in [0.3, 0.4) is 0 Å². The van der Waals surface area contributed by atoms with E-state index in [1.807, 2.05) is 32.0 Å². The number of urea groups is 1. The minimum Gasteiger partial charge on any atom is -0.377 e. The number of hydrogen-bond acceptors (Lipinski definition) is 24. The van der Waals surface area contributed by atoms with Gasteiger partial charge in [-0.1, -0.05) is 11.2 Å². The first-order valence-electron chi connectivity index (χ1n) is 40.9. The summed E-state index contributed by atoms with van der Waals surface area (Å²) in [6.07, 6.45) is 12.6. The number of carbonyl (C=O) groups is 9. The number of nitrogens with one attached hydrogen (secondary N) is 9. The predicted molar refractivity (Wildman–Crippen MR) is 446 cm³/mol. The molecule has 2 aromatic carbocycles. The van der Waals surface area contributed by atoms with E-state index in [4.69, 9.17) is 52.1 Å². The van der Waals surface area contributed by atoms with Crippen molar-refractivity contribution < 1.29 is 99.1 Å². The maximum atomic E-state index is 14.6. The minimum atomic E-state index is -1.04. The monoisotopic (exact) mass is 1730 g/mol. The van der Waals surface area contributed by atoms with Crippen LogP contribution in [0.25, 0.3) is 22.2 Å². The summed E-state index contributed by atoms with van der Waals surface area (Å²) in [5.41, 5.74) is 5.51. The van der Waals surface area contributed by atoms with Gasteiger partial charge in [0.25, 0.3) is 29.5 Å². The van der Waals surface area contributed by atoms with E-state index in [0.29, 0.717) is 136 Å². The van der Waals surface area contributed by atoms with Crippen LogP contribution in [0.4, 0.5) is 42.3 Å². The van der Waals surface area contributed by atoms with Crippen molar-refractivity contribution in [3.63, 3.8) is 0 Å². The quantitative estimate of drug-likeness (QED) is 0.0206. The molecule has 1 saturated heterocycles. The summed E-state index contributed by atoms with van der Waals surface area (Å²) >= 11 is 0. The fourth-order valence-electron chi connectivity index (χ4n) is 14.1. The Morgan fingerprint density at radius 1 is 0.492 bits per heavy atom. The van der Waals surface area contributed by atoms with Gasteiger partial charge in [-0.25, -0.2) is 33.5 Å². The number of hydrogen-bond donors (Lipinski definition) is 9. The topological polar surface area (TPSA) is 455 Å². The molecule has 9 aromatic rings. The first kappa shape index (κ1) is 92.6. The first-order chi connectivity index (χ1) is 60.0. The fourth-order valence-corrected chi connectivity index (χ4v) is 14.1. The molecule has 2 aliphatic rings. The number of aryl methyl sites for hydroxylation is 7. The summed E-state index contributed by atoms with van der Waals surface area (Å²) in [5.74, 6) is -4.34.